The van der Waals surface area contributed by atoms with E-state index in [1.54, 1.807) is 0 Å². The topological polar surface area (TPSA) is 55.3 Å². The Balaban J connectivity index is 1.67. The maximum Gasteiger partial charge on any atom is 0.0540 e. The summed E-state index contributed by atoms with van der Waals surface area (Å²) in [5.74, 6) is 0. The molecule has 0 radical (unpaired) electrons. The van der Waals surface area contributed by atoms with Crippen molar-refractivity contribution in [2.45, 2.75) is 0 Å². The van der Waals surface area contributed by atoms with Crippen molar-refractivity contribution in [2.24, 2.45) is 0 Å². The van der Waals surface area contributed by atoms with Gasteiger partial charge >= 0.3 is 0 Å². The molecule has 0 saturated carbocycles. The van der Waals surface area contributed by atoms with Crippen LogP contribution in [-0.4, -0.2) is 0 Å². The van der Waals surface area contributed by atoms with Gasteiger partial charge in [-0.2, -0.15) is 0 Å². The monoisotopic (exact) mass is 401 g/mol. The van der Waals surface area contributed by atoms with Crippen LogP contribution in [0.5, 0.6) is 0 Å². The number of fused-ring (bicyclic) bond motifs is 1. The van der Waals surface area contributed by atoms with Crippen LogP contribution in [0.2, 0.25) is 0 Å². The Hall–Kier alpha value is -4.24. The summed E-state index contributed by atoms with van der Waals surface area (Å²) in [5, 5.41) is 2.39. The van der Waals surface area contributed by atoms with Gasteiger partial charge in [0.1, 0.15) is 0 Å². The summed E-state index contributed by atoms with van der Waals surface area (Å²) in [6.07, 6.45) is 0. The molecule has 4 N–H and O–H groups in total. The zero-order chi connectivity index (χ0) is 21.2. The van der Waals surface area contributed by atoms with Gasteiger partial charge in [0.05, 0.1) is 5.69 Å². The molecule has 0 spiro atoms. The van der Waals surface area contributed by atoms with Crippen LogP contribution in [0, 0.1) is 0 Å². The highest BCUT2D eigenvalue weighted by Crippen LogP contribution is 2.40. The van der Waals surface area contributed by atoms with Crippen LogP contribution >= 0.6 is 0 Å². The molecule has 3 heteroatoms. The summed E-state index contributed by atoms with van der Waals surface area (Å²) in [6, 6.07) is 39.2. The molecule has 5 aromatic carbocycles. The van der Waals surface area contributed by atoms with E-state index in [1.165, 1.54) is 10.8 Å². The van der Waals surface area contributed by atoms with E-state index < -0.39 is 0 Å². The van der Waals surface area contributed by atoms with Gasteiger partial charge in [0.2, 0.25) is 0 Å². The van der Waals surface area contributed by atoms with Gasteiger partial charge < -0.3 is 16.4 Å². The average molecular weight is 402 g/mol. The molecule has 0 atom stereocenters. The number of hydrogen-bond acceptors (Lipinski definition) is 3. The lowest BCUT2D eigenvalue weighted by atomic mass is 10.0. The molecule has 0 aromatic heterocycles. The van der Waals surface area contributed by atoms with Gasteiger partial charge in [-0.25, -0.2) is 0 Å². The minimum atomic E-state index is 0.725. The Morgan fingerprint density at radius 1 is 0.548 bits per heavy atom. The summed E-state index contributed by atoms with van der Waals surface area (Å²) in [4.78, 5) is 2.26. The lowest BCUT2D eigenvalue weighted by Gasteiger charge is -2.27. The average Bonchev–Trinajstić information content (AvgIpc) is 2.81. The number of rotatable bonds is 4. The third-order valence-electron chi connectivity index (χ3n) is 5.54. The van der Waals surface area contributed by atoms with Crippen molar-refractivity contribution < 1.29 is 0 Å². The number of anilines is 5. The summed E-state index contributed by atoms with van der Waals surface area (Å²) in [6.45, 7) is 0. The highest BCUT2D eigenvalue weighted by molar-refractivity contribution is 5.99. The van der Waals surface area contributed by atoms with E-state index in [-0.39, 0.29) is 0 Å². The molecular weight excluding hydrogens is 378 g/mol. The van der Waals surface area contributed by atoms with Crippen LogP contribution in [0.4, 0.5) is 28.4 Å². The summed E-state index contributed by atoms with van der Waals surface area (Å²) in [7, 11) is 0. The molecule has 0 aliphatic heterocycles. The van der Waals surface area contributed by atoms with E-state index in [0.29, 0.717) is 0 Å². The van der Waals surface area contributed by atoms with Crippen LogP contribution in [-0.2, 0) is 0 Å². The molecule has 5 rings (SSSR count). The molecule has 0 bridgehead atoms. The van der Waals surface area contributed by atoms with Crippen LogP contribution in [0.25, 0.3) is 21.9 Å². The van der Waals surface area contributed by atoms with Gasteiger partial charge in [0, 0.05) is 33.7 Å². The molecule has 31 heavy (non-hydrogen) atoms. The highest BCUT2D eigenvalue weighted by atomic mass is 15.1. The van der Waals surface area contributed by atoms with E-state index in [1.807, 2.05) is 36.4 Å². The number of hydrogen-bond donors (Lipinski definition) is 2. The van der Waals surface area contributed by atoms with Crippen LogP contribution in [0.3, 0.4) is 0 Å². The molecule has 0 aliphatic carbocycles. The standard InChI is InChI=1S/C28H23N3/c29-22-15-13-21(14-16-22)25-18-17-24(19-27(25)30)31(23-9-2-1-3-10-23)28-12-6-8-20-7-4-5-11-26(20)28/h1-19H,29-30H2. The molecule has 0 aliphatic rings. The second kappa shape index (κ2) is 7.88. The fraction of sp³-hybridized carbons (Fsp3) is 0. The summed E-state index contributed by atoms with van der Waals surface area (Å²) in [5.41, 5.74) is 19.1. The molecule has 3 nitrogen and oxygen atoms in total. The first-order chi connectivity index (χ1) is 15.2. The smallest absolute Gasteiger partial charge is 0.0540 e. The number of nitrogens with two attached hydrogens (primary N) is 2. The van der Waals surface area contributed by atoms with Gasteiger partial charge in [-0.05, 0) is 53.4 Å². The first kappa shape index (κ1) is 18.8. The van der Waals surface area contributed by atoms with Crippen LogP contribution < -0.4 is 16.4 Å². The maximum absolute atomic E-state index is 6.54. The van der Waals surface area contributed by atoms with Gasteiger partial charge in [0.25, 0.3) is 0 Å². The molecule has 0 unspecified atom stereocenters. The van der Waals surface area contributed by atoms with E-state index in [4.69, 9.17) is 11.5 Å². The van der Waals surface area contributed by atoms with Gasteiger partial charge in [-0.3, -0.25) is 0 Å². The quantitative estimate of drug-likeness (QED) is 0.315. The van der Waals surface area contributed by atoms with Crippen molar-refractivity contribution >= 4 is 39.2 Å². The van der Waals surface area contributed by atoms with Crippen molar-refractivity contribution in [1.82, 2.24) is 0 Å². The van der Waals surface area contributed by atoms with Crippen molar-refractivity contribution in [3.05, 3.63) is 115 Å². The highest BCUT2D eigenvalue weighted by Gasteiger charge is 2.16. The van der Waals surface area contributed by atoms with E-state index in [2.05, 4.69) is 83.8 Å². The largest absolute Gasteiger partial charge is 0.399 e. The number of para-hydroxylation sites is 1. The van der Waals surface area contributed by atoms with E-state index in [0.717, 1.165) is 39.6 Å². The number of nitrogens with zero attached hydrogens (tertiary/aromatic N) is 1. The van der Waals surface area contributed by atoms with Crippen molar-refractivity contribution in [1.29, 1.82) is 0 Å². The molecule has 150 valence electrons. The molecule has 0 heterocycles. The molecule has 5 aromatic rings. The maximum atomic E-state index is 6.54. The fourth-order valence-corrected chi connectivity index (χ4v) is 4.02. The van der Waals surface area contributed by atoms with Crippen LogP contribution in [0.15, 0.2) is 115 Å². The second-order valence-electron chi connectivity index (χ2n) is 7.56. The Morgan fingerprint density at radius 2 is 1.26 bits per heavy atom. The predicted molar refractivity (Wildman–Crippen MR) is 133 cm³/mol. The molecule has 0 fully saturated rings. The Morgan fingerprint density at radius 3 is 2.03 bits per heavy atom. The lowest BCUT2D eigenvalue weighted by molar-refractivity contribution is 1.30. The summed E-state index contributed by atoms with van der Waals surface area (Å²) >= 11 is 0. The SMILES string of the molecule is Nc1ccc(-c2ccc(N(c3ccccc3)c3cccc4ccccc34)cc2N)cc1. The minimum absolute atomic E-state index is 0.725. The van der Waals surface area contributed by atoms with E-state index >= 15 is 0 Å². The van der Waals surface area contributed by atoms with Gasteiger partial charge in [-0.1, -0.05) is 72.8 Å². The van der Waals surface area contributed by atoms with E-state index in [9.17, 15) is 0 Å². The Kier molecular flexibility index (Phi) is 4.77. The van der Waals surface area contributed by atoms with Gasteiger partial charge in [-0.15, -0.1) is 0 Å². The number of nitrogen functional groups attached to an aromatic ring is 2. The normalized spacial score (nSPS) is 10.8. The van der Waals surface area contributed by atoms with Gasteiger partial charge in [0.15, 0.2) is 0 Å². The first-order valence-corrected chi connectivity index (χ1v) is 10.3. The van der Waals surface area contributed by atoms with Crippen molar-refractivity contribution in [3.8, 4) is 11.1 Å². The molecule has 0 amide bonds. The predicted octanol–water partition coefficient (Wildman–Crippen LogP) is 7.14. The second-order valence-corrected chi connectivity index (χ2v) is 7.56. The summed E-state index contributed by atoms with van der Waals surface area (Å²) < 4.78 is 0. The number of benzene rings is 5. The zero-order valence-electron chi connectivity index (χ0n) is 17.1. The molecular formula is C28H23N3. The molecule has 0 saturated heterocycles. The Labute approximate surface area is 182 Å². The fourth-order valence-electron chi connectivity index (χ4n) is 4.02. The van der Waals surface area contributed by atoms with Crippen LogP contribution in [0.1, 0.15) is 0 Å². The first-order valence-electron chi connectivity index (χ1n) is 10.3. The lowest BCUT2D eigenvalue weighted by Crippen LogP contribution is -2.11. The van der Waals surface area contributed by atoms with Crippen molar-refractivity contribution in [3.63, 3.8) is 0 Å². The third kappa shape index (κ3) is 3.58. The van der Waals surface area contributed by atoms with Crippen molar-refractivity contribution in [2.75, 3.05) is 16.4 Å². The minimum Gasteiger partial charge on any atom is -0.399 e. The third-order valence-corrected chi connectivity index (χ3v) is 5.54. The Bertz CT molecular complexity index is 1340. The zero-order valence-corrected chi connectivity index (χ0v) is 17.1.